The molecule has 0 fully saturated rings. The van der Waals surface area contributed by atoms with Gasteiger partial charge in [0.25, 0.3) is 5.91 Å². The minimum absolute atomic E-state index is 0.175. The summed E-state index contributed by atoms with van der Waals surface area (Å²) in [6.45, 7) is 10.1. The van der Waals surface area contributed by atoms with Crippen molar-refractivity contribution in [3.05, 3.63) is 81.8 Å². The van der Waals surface area contributed by atoms with Gasteiger partial charge in [0, 0.05) is 34.3 Å². The Bertz CT molecular complexity index is 1720. The number of amides is 1. The SMILES string of the molecule is Cc1cc2c(c(-c3cc(F)c4c(c3C)CCCO4)c1[C@H](OC(C)(C)C)C(=O)O)CCN2C(=O)c1cc2ccccc2[nH]1. The van der Waals surface area contributed by atoms with E-state index in [1.54, 1.807) is 4.90 Å². The lowest BCUT2D eigenvalue weighted by Gasteiger charge is -2.30. The third-order valence-corrected chi connectivity index (χ3v) is 8.20. The number of carbonyl (C=O) groups excluding carboxylic acids is 1. The van der Waals surface area contributed by atoms with E-state index < -0.39 is 23.5 Å². The van der Waals surface area contributed by atoms with Crippen LogP contribution in [0.15, 0.2) is 42.5 Å². The summed E-state index contributed by atoms with van der Waals surface area (Å²) in [5.41, 5.74) is 6.11. The van der Waals surface area contributed by atoms with Gasteiger partial charge in [0.2, 0.25) is 0 Å². The molecule has 1 aromatic heterocycles. The van der Waals surface area contributed by atoms with Gasteiger partial charge in [-0.3, -0.25) is 4.79 Å². The number of carboxylic acid groups (broad SMARTS) is 1. The fourth-order valence-corrected chi connectivity index (χ4v) is 6.39. The van der Waals surface area contributed by atoms with Gasteiger partial charge in [0.15, 0.2) is 17.7 Å². The highest BCUT2D eigenvalue weighted by atomic mass is 19.1. The molecule has 1 atom stereocenters. The Labute approximate surface area is 244 Å². The van der Waals surface area contributed by atoms with Crippen molar-refractivity contribution in [2.75, 3.05) is 18.1 Å². The zero-order valence-electron chi connectivity index (χ0n) is 24.6. The number of aromatic amines is 1. The number of aryl methyl sites for hydroxylation is 1. The Morgan fingerprint density at radius 1 is 1.10 bits per heavy atom. The molecule has 0 unspecified atom stereocenters. The number of H-pyrrole nitrogens is 1. The monoisotopic (exact) mass is 570 g/mol. The molecule has 0 saturated heterocycles. The van der Waals surface area contributed by atoms with Gasteiger partial charge in [-0.05, 0) is 106 Å². The highest BCUT2D eigenvalue weighted by molar-refractivity contribution is 6.09. The number of halogens is 1. The van der Waals surface area contributed by atoms with Crippen molar-refractivity contribution in [2.24, 2.45) is 0 Å². The molecule has 2 N–H and O–H groups in total. The molecule has 2 aliphatic rings. The highest BCUT2D eigenvalue weighted by Crippen LogP contribution is 2.48. The maximum Gasteiger partial charge on any atom is 0.337 e. The number of carboxylic acids is 1. The van der Waals surface area contributed by atoms with Crippen molar-refractivity contribution in [1.82, 2.24) is 4.98 Å². The topological polar surface area (TPSA) is 91.9 Å². The van der Waals surface area contributed by atoms with Crippen LogP contribution in [-0.2, 0) is 22.4 Å². The van der Waals surface area contributed by atoms with Crippen molar-refractivity contribution in [1.29, 1.82) is 0 Å². The van der Waals surface area contributed by atoms with Crippen LogP contribution in [0.1, 0.15) is 71.6 Å². The molecule has 1 amide bonds. The number of fused-ring (bicyclic) bond motifs is 3. The minimum atomic E-state index is -1.29. The van der Waals surface area contributed by atoms with Crippen LogP contribution in [0.4, 0.5) is 10.1 Å². The van der Waals surface area contributed by atoms with Crippen LogP contribution in [0, 0.1) is 19.7 Å². The van der Waals surface area contributed by atoms with Crippen LogP contribution in [0.3, 0.4) is 0 Å². The lowest BCUT2D eigenvalue weighted by atomic mass is 9.83. The second-order valence-electron chi connectivity index (χ2n) is 12.2. The first-order valence-corrected chi connectivity index (χ1v) is 14.4. The highest BCUT2D eigenvalue weighted by Gasteiger charge is 2.37. The number of nitrogens with one attached hydrogen (secondary N) is 1. The van der Waals surface area contributed by atoms with Gasteiger partial charge in [-0.1, -0.05) is 18.2 Å². The fraction of sp³-hybridized carbons (Fsp3) is 0.353. The molecule has 8 heteroatoms. The van der Waals surface area contributed by atoms with Crippen LogP contribution in [0.2, 0.25) is 0 Å². The number of anilines is 1. The standard InChI is InChI=1S/C34H35FN2O5/c1-18-15-27-22(12-13-37(27)32(38)26-16-20-9-6-7-11-25(20)36-26)29(28(18)31(33(39)40)42-34(3,4)5)23-17-24(35)30-21(19(23)2)10-8-14-41-30/h6-7,9,11,15-17,31,36H,8,10,12-14H2,1-5H3,(H,39,40)/t31-/m0/s1. The summed E-state index contributed by atoms with van der Waals surface area (Å²) < 4.78 is 27.4. The third-order valence-electron chi connectivity index (χ3n) is 8.20. The summed E-state index contributed by atoms with van der Waals surface area (Å²) in [7, 11) is 0. The van der Waals surface area contributed by atoms with Crippen LogP contribution >= 0.6 is 0 Å². The van der Waals surface area contributed by atoms with E-state index in [1.807, 2.05) is 71.0 Å². The number of aliphatic carboxylic acids is 1. The summed E-state index contributed by atoms with van der Waals surface area (Å²) in [6, 6.07) is 12.9. The van der Waals surface area contributed by atoms with Gasteiger partial charge in [0.05, 0.1) is 12.2 Å². The molecule has 42 heavy (non-hydrogen) atoms. The molecular formula is C34H35FN2O5. The van der Waals surface area contributed by atoms with Gasteiger partial charge in [-0.2, -0.15) is 0 Å². The second kappa shape index (κ2) is 10.3. The number of hydrogen-bond donors (Lipinski definition) is 2. The molecule has 218 valence electrons. The number of benzene rings is 3. The number of rotatable bonds is 5. The van der Waals surface area contributed by atoms with Gasteiger partial charge in [0.1, 0.15) is 5.69 Å². The number of hydrogen-bond acceptors (Lipinski definition) is 4. The maximum atomic E-state index is 15.6. The molecule has 0 radical (unpaired) electrons. The Balaban J connectivity index is 1.58. The summed E-state index contributed by atoms with van der Waals surface area (Å²) >= 11 is 0. The molecule has 7 nitrogen and oxygen atoms in total. The number of carbonyl (C=O) groups is 2. The normalized spacial score (nSPS) is 15.3. The van der Waals surface area contributed by atoms with Crippen LogP contribution in [0.5, 0.6) is 5.75 Å². The van der Waals surface area contributed by atoms with E-state index in [2.05, 4.69) is 4.98 Å². The predicted molar refractivity (Wildman–Crippen MR) is 160 cm³/mol. The number of ether oxygens (including phenoxy) is 2. The molecule has 0 aliphatic carbocycles. The number of para-hydroxylation sites is 1. The second-order valence-corrected chi connectivity index (χ2v) is 12.2. The first-order chi connectivity index (χ1) is 19.9. The van der Waals surface area contributed by atoms with Gasteiger partial charge in [-0.15, -0.1) is 0 Å². The van der Waals surface area contributed by atoms with Crippen LogP contribution < -0.4 is 9.64 Å². The fourth-order valence-electron chi connectivity index (χ4n) is 6.39. The first kappa shape index (κ1) is 28.0. The molecule has 0 bridgehead atoms. The van der Waals surface area contributed by atoms with Gasteiger partial charge >= 0.3 is 5.97 Å². The number of aromatic nitrogens is 1. The van der Waals surface area contributed by atoms with Crippen molar-refractivity contribution in [3.63, 3.8) is 0 Å². The minimum Gasteiger partial charge on any atom is -0.490 e. The lowest BCUT2D eigenvalue weighted by Crippen LogP contribution is -2.30. The van der Waals surface area contributed by atoms with Gasteiger partial charge < -0.3 is 24.5 Å². The smallest absolute Gasteiger partial charge is 0.337 e. The maximum absolute atomic E-state index is 15.6. The van der Waals surface area contributed by atoms with E-state index in [0.29, 0.717) is 59.6 Å². The van der Waals surface area contributed by atoms with Crippen molar-refractivity contribution >= 4 is 28.5 Å². The molecule has 3 aromatic carbocycles. The average molecular weight is 571 g/mol. The molecule has 4 aromatic rings. The molecular weight excluding hydrogens is 535 g/mol. The largest absolute Gasteiger partial charge is 0.490 e. The lowest BCUT2D eigenvalue weighted by molar-refractivity contribution is -0.160. The average Bonchev–Trinajstić information content (AvgIpc) is 3.57. The molecule has 0 saturated carbocycles. The van der Waals surface area contributed by atoms with Crippen LogP contribution in [0.25, 0.3) is 22.0 Å². The zero-order valence-corrected chi connectivity index (χ0v) is 24.6. The Morgan fingerprint density at radius 3 is 2.57 bits per heavy atom. The quantitative estimate of drug-likeness (QED) is 0.268. The van der Waals surface area contributed by atoms with Gasteiger partial charge in [-0.25, -0.2) is 9.18 Å². The van der Waals surface area contributed by atoms with E-state index in [1.165, 1.54) is 6.07 Å². The molecule has 6 rings (SSSR count). The molecule has 2 aliphatic heterocycles. The Morgan fingerprint density at radius 2 is 1.86 bits per heavy atom. The van der Waals surface area contributed by atoms with E-state index in [4.69, 9.17) is 9.47 Å². The van der Waals surface area contributed by atoms with Crippen LogP contribution in [-0.4, -0.2) is 40.7 Å². The van der Waals surface area contributed by atoms with Crippen molar-refractivity contribution in [3.8, 4) is 16.9 Å². The van der Waals surface area contributed by atoms with E-state index in [-0.39, 0.29) is 11.7 Å². The van der Waals surface area contributed by atoms with E-state index >= 15 is 4.39 Å². The van der Waals surface area contributed by atoms with Crippen molar-refractivity contribution in [2.45, 2.75) is 65.6 Å². The summed E-state index contributed by atoms with van der Waals surface area (Å²) in [5, 5.41) is 11.4. The summed E-state index contributed by atoms with van der Waals surface area (Å²) in [5.74, 6) is -1.51. The number of nitrogens with zero attached hydrogens (tertiary/aromatic N) is 1. The van der Waals surface area contributed by atoms with E-state index in [0.717, 1.165) is 34.0 Å². The molecule has 3 heterocycles. The third kappa shape index (κ3) is 4.73. The first-order valence-electron chi connectivity index (χ1n) is 14.4. The summed E-state index contributed by atoms with van der Waals surface area (Å²) in [6.07, 6.45) is 0.632. The van der Waals surface area contributed by atoms with E-state index in [9.17, 15) is 14.7 Å². The molecule has 0 spiro atoms. The summed E-state index contributed by atoms with van der Waals surface area (Å²) in [4.78, 5) is 31.6. The Hall–Kier alpha value is -4.17. The van der Waals surface area contributed by atoms with Crippen molar-refractivity contribution < 1.29 is 28.6 Å². The zero-order chi connectivity index (χ0) is 29.9. The Kier molecular flexibility index (Phi) is 6.84. The predicted octanol–water partition coefficient (Wildman–Crippen LogP) is 7.06.